The maximum Gasteiger partial charge on any atom is 0.224 e. The smallest absolute Gasteiger partial charge is 0.224 e. The molecule has 3 rings (SSSR count). The van der Waals surface area contributed by atoms with Crippen molar-refractivity contribution in [3.05, 3.63) is 12.2 Å². The van der Waals surface area contributed by atoms with Gasteiger partial charge in [-0.3, -0.25) is 14.4 Å². The minimum absolute atomic E-state index is 0.0703. The Morgan fingerprint density at radius 2 is 1.94 bits per heavy atom. The van der Waals surface area contributed by atoms with E-state index >= 15 is 0 Å². The van der Waals surface area contributed by atoms with Crippen LogP contribution in [0.1, 0.15) is 85.0 Å². The quantitative estimate of drug-likeness (QED) is 0.410. The number of carbonyl (C=O) groups excluding carboxylic acids is 3. The van der Waals surface area contributed by atoms with Crippen molar-refractivity contribution < 1.29 is 24.2 Å². The molecule has 0 radical (unpaired) electrons. The molecule has 0 saturated carbocycles. The summed E-state index contributed by atoms with van der Waals surface area (Å²) in [6.07, 6.45) is 11.8. The molecule has 6 nitrogen and oxygen atoms in total. The van der Waals surface area contributed by atoms with E-state index in [1.54, 1.807) is 0 Å². The highest BCUT2D eigenvalue weighted by molar-refractivity contribution is 5.93. The largest absolute Gasteiger partial charge is 0.389 e. The lowest BCUT2D eigenvalue weighted by atomic mass is 9.79. The van der Waals surface area contributed by atoms with Crippen LogP contribution >= 0.6 is 0 Å². The molecule has 3 aliphatic rings. The first kappa shape index (κ1) is 26.7. The summed E-state index contributed by atoms with van der Waals surface area (Å²) in [7, 11) is 0. The highest BCUT2D eigenvalue weighted by Gasteiger charge is 2.36. The standard InChI is InChI=1S/C26H43NO5/c1-4-5-6-9-24(29)23-16-19-10-12-20(13-11-19)32-14-7-8-21(25(30)17-28)22(15-18(2)3)26(31)27-23/h10,12,18-23,28H,4-9,11,13-17H2,1-3H3,(H,27,31)/t19?,20-,21-,22+,23-/m0/s1. The number of aliphatic hydroxyl groups excluding tert-OH is 1. The number of nitrogens with one attached hydrogen (secondary N) is 1. The molecule has 0 spiro atoms. The summed E-state index contributed by atoms with van der Waals surface area (Å²) in [5.74, 6) is -1.10. The molecule has 182 valence electrons. The van der Waals surface area contributed by atoms with Crippen LogP contribution in [0.25, 0.3) is 0 Å². The van der Waals surface area contributed by atoms with Gasteiger partial charge in [-0.2, -0.15) is 0 Å². The fourth-order valence-electron chi connectivity index (χ4n) is 4.97. The van der Waals surface area contributed by atoms with Gasteiger partial charge in [0.1, 0.15) is 6.61 Å². The monoisotopic (exact) mass is 449 g/mol. The first-order valence-electron chi connectivity index (χ1n) is 12.6. The molecular formula is C26H43NO5. The van der Waals surface area contributed by atoms with Gasteiger partial charge in [0.05, 0.1) is 12.1 Å². The normalized spacial score (nSPS) is 29.5. The summed E-state index contributed by atoms with van der Waals surface area (Å²) < 4.78 is 5.99. The number of hydrogen-bond acceptors (Lipinski definition) is 5. The first-order valence-corrected chi connectivity index (χ1v) is 12.6. The number of unbranched alkanes of at least 4 members (excludes halogenated alkanes) is 2. The number of amides is 1. The van der Waals surface area contributed by atoms with Crippen molar-refractivity contribution in [2.45, 2.75) is 97.1 Å². The van der Waals surface area contributed by atoms with Crippen LogP contribution in [-0.2, 0) is 19.1 Å². The van der Waals surface area contributed by atoms with Crippen LogP contribution < -0.4 is 5.32 Å². The number of Topliss-reactive ketones (excluding diaryl/α,β-unsaturated/α-hetero) is 2. The summed E-state index contributed by atoms with van der Waals surface area (Å²) in [6, 6.07) is -0.533. The van der Waals surface area contributed by atoms with Crippen molar-refractivity contribution in [1.29, 1.82) is 0 Å². The van der Waals surface area contributed by atoms with Crippen molar-refractivity contribution in [2.75, 3.05) is 13.2 Å². The molecule has 0 aromatic carbocycles. The lowest BCUT2D eigenvalue weighted by Crippen LogP contribution is -2.48. The van der Waals surface area contributed by atoms with Gasteiger partial charge in [0.15, 0.2) is 11.6 Å². The Morgan fingerprint density at radius 3 is 2.56 bits per heavy atom. The Balaban J connectivity index is 2.29. The van der Waals surface area contributed by atoms with Gasteiger partial charge in [0.25, 0.3) is 0 Å². The molecule has 1 aliphatic carbocycles. The second-order valence-electron chi connectivity index (χ2n) is 9.96. The van der Waals surface area contributed by atoms with E-state index in [0.29, 0.717) is 38.7 Å². The number of aliphatic hydroxyl groups is 1. The summed E-state index contributed by atoms with van der Waals surface area (Å²) in [4.78, 5) is 39.1. The van der Waals surface area contributed by atoms with Gasteiger partial charge in [-0.15, -0.1) is 0 Å². The van der Waals surface area contributed by atoms with Crippen molar-refractivity contribution in [3.8, 4) is 0 Å². The minimum Gasteiger partial charge on any atom is -0.389 e. The Labute approximate surface area is 193 Å². The van der Waals surface area contributed by atoms with E-state index in [0.717, 1.165) is 32.1 Å². The molecule has 6 heteroatoms. The van der Waals surface area contributed by atoms with Crippen LogP contribution in [0.2, 0.25) is 0 Å². The third-order valence-corrected chi connectivity index (χ3v) is 6.80. The molecule has 0 aromatic heterocycles. The SMILES string of the molecule is CCCCCC(=O)[C@@H]1CC2C=C[C@@H](CC2)OCCC[C@H](C(=O)CO)[C@@H](CC(C)C)C(=O)N1. The molecule has 2 N–H and O–H groups in total. The minimum atomic E-state index is -0.569. The van der Waals surface area contributed by atoms with Gasteiger partial charge < -0.3 is 15.2 Å². The zero-order chi connectivity index (χ0) is 23.5. The van der Waals surface area contributed by atoms with Crippen LogP contribution in [0, 0.1) is 23.7 Å². The van der Waals surface area contributed by atoms with Gasteiger partial charge in [-0.1, -0.05) is 45.8 Å². The summed E-state index contributed by atoms with van der Waals surface area (Å²) >= 11 is 0. The Bertz CT molecular complexity index is 644. The maximum atomic E-state index is 13.5. The Morgan fingerprint density at radius 1 is 1.16 bits per heavy atom. The van der Waals surface area contributed by atoms with Crippen LogP contribution in [0.4, 0.5) is 0 Å². The van der Waals surface area contributed by atoms with Gasteiger partial charge >= 0.3 is 0 Å². The topological polar surface area (TPSA) is 92.7 Å². The fourth-order valence-corrected chi connectivity index (χ4v) is 4.97. The van der Waals surface area contributed by atoms with Crippen molar-refractivity contribution in [3.63, 3.8) is 0 Å². The van der Waals surface area contributed by atoms with E-state index in [-0.39, 0.29) is 35.4 Å². The van der Waals surface area contributed by atoms with Crippen molar-refractivity contribution >= 4 is 17.5 Å². The number of allylic oxidation sites excluding steroid dienone is 1. The van der Waals surface area contributed by atoms with Gasteiger partial charge in [0.2, 0.25) is 5.91 Å². The Kier molecular flexibility index (Phi) is 11.6. The summed E-state index contributed by atoms with van der Waals surface area (Å²) in [5, 5.41) is 12.6. The highest BCUT2D eigenvalue weighted by atomic mass is 16.5. The molecule has 1 saturated heterocycles. The van der Waals surface area contributed by atoms with E-state index in [1.807, 2.05) is 13.8 Å². The Hall–Kier alpha value is -1.53. The predicted molar refractivity (Wildman–Crippen MR) is 125 cm³/mol. The molecule has 1 fully saturated rings. The second kappa shape index (κ2) is 13.9. The number of rotatable bonds is 9. The highest BCUT2D eigenvalue weighted by Crippen LogP contribution is 2.29. The molecule has 0 aromatic rings. The van der Waals surface area contributed by atoms with E-state index < -0.39 is 24.5 Å². The third kappa shape index (κ3) is 8.43. The number of ketones is 2. The first-order chi connectivity index (χ1) is 15.3. The molecule has 2 heterocycles. The van der Waals surface area contributed by atoms with E-state index in [4.69, 9.17) is 4.74 Å². The number of fused-ring (bicyclic) bond motifs is 10. The number of ether oxygens (including phenoxy) is 1. The zero-order valence-electron chi connectivity index (χ0n) is 20.2. The van der Waals surface area contributed by atoms with Crippen LogP contribution in [0.5, 0.6) is 0 Å². The molecule has 1 unspecified atom stereocenters. The lowest BCUT2D eigenvalue weighted by Gasteiger charge is -2.31. The molecule has 1 amide bonds. The number of carbonyl (C=O) groups is 3. The van der Waals surface area contributed by atoms with Crippen molar-refractivity contribution in [2.24, 2.45) is 23.7 Å². The van der Waals surface area contributed by atoms with Gasteiger partial charge in [-0.05, 0) is 56.8 Å². The molecule has 5 atom stereocenters. The van der Waals surface area contributed by atoms with Crippen molar-refractivity contribution in [1.82, 2.24) is 5.32 Å². The second-order valence-corrected chi connectivity index (χ2v) is 9.96. The van der Waals surface area contributed by atoms with E-state index in [9.17, 15) is 19.5 Å². The molecular weight excluding hydrogens is 406 g/mol. The predicted octanol–water partition coefficient (Wildman–Crippen LogP) is 4.00. The summed E-state index contributed by atoms with van der Waals surface area (Å²) in [5.41, 5.74) is 0. The molecule has 2 bridgehead atoms. The fraction of sp³-hybridized carbons (Fsp3) is 0.808. The average molecular weight is 450 g/mol. The van der Waals surface area contributed by atoms with E-state index in [1.165, 1.54) is 0 Å². The zero-order valence-corrected chi connectivity index (χ0v) is 20.2. The van der Waals surface area contributed by atoms with Crippen LogP contribution in [0.15, 0.2) is 12.2 Å². The van der Waals surface area contributed by atoms with E-state index in [2.05, 4.69) is 24.4 Å². The summed E-state index contributed by atoms with van der Waals surface area (Å²) in [6.45, 7) is 6.12. The third-order valence-electron chi connectivity index (χ3n) is 6.80. The van der Waals surface area contributed by atoms with Crippen LogP contribution in [0.3, 0.4) is 0 Å². The van der Waals surface area contributed by atoms with Gasteiger partial charge in [0, 0.05) is 24.9 Å². The average Bonchev–Trinajstić information content (AvgIpc) is 2.77. The van der Waals surface area contributed by atoms with Gasteiger partial charge in [-0.25, -0.2) is 0 Å². The molecule has 2 aliphatic heterocycles. The van der Waals surface area contributed by atoms with Crippen LogP contribution in [-0.4, -0.2) is 47.9 Å². The number of hydrogen-bond donors (Lipinski definition) is 2. The molecule has 32 heavy (non-hydrogen) atoms. The lowest BCUT2D eigenvalue weighted by molar-refractivity contribution is -0.138. The maximum absolute atomic E-state index is 13.5.